The van der Waals surface area contributed by atoms with Gasteiger partial charge in [-0.3, -0.25) is 0 Å². The van der Waals surface area contributed by atoms with Crippen molar-refractivity contribution in [3.05, 3.63) is 95.0 Å². The first-order valence-corrected chi connectivity index (χ1v) is 10.6. The molecule has 3 aromatic carbocycles. The van der Waals surface area contributed by atoms with Crippen LogP contribution in [0.15, 0.2) is 78.2 Å². The number of nitrogens with two attached hydrogens (primary N) is 1. The molecule has 5 heteroatoms. The van der Waals surface area contributed by atoms with E-state index in [0.717, 1.165) is 23.6 Å². The number of thiazole rings is 1. The van der Waals surface area contributed by atoms with Crippen molar-refractivity contribution in [1.29, 1.82) is 0 Å². The van der Waals surface area contributed by atoms with E-state index in [1.165, 1.54) is 33.6 Å². The number of hydrogen-bond donors (Lipinski definition) is 1. The number of nitrogens with zero attached hydrogens (tertiary/aromatic N) is 1. The Morgan fingerprint density at radius 2 is 1.33 bits per heavy atom. The van der Waals surface area contributed by atoms with Gasteiger partial charge in [-0.25, -0.2) is 4.98 Å². The molecule has 0 saturated heterocycles. The summed E-state index contributed by atoms with van der Waals surface area (Å²) in [6, 6.07) is 25.0. The lowest BCUT2D eigenvalue weighted by Crippen LogP contribution is -2.06. The largest absolute Gasteiger partial charge is 0.497 e. The van der Waals surface area contributed by atoms with Crippen LogP contribution in [0.2, 0.25) is 0 Å². The first-order valence-electron chi connectivity index (χ1n) is 9.74. The van der Waals surface area contributed by atoms with Gasteiger partial charge >= 0.3 is 0 Å². The molecular weight excluding hydrogens is 392 g/mol. The van der Waals surface area contributed by atoms with Crippen molar-refractivity contribution >= 4 is 16.5 Å². The van der Waals surface area contributed by atoms with Gasteiger partial charge in [-0.2, -0.15) is 0 Å². The first kappa shape index (κ1) is 20.0. The lowest BCUT2D eigenvalue weighted by Gasteiger charge is -2.16. The van der Waals surface area contributed by atoms with Crippen molar-refractivity contribution < 1.29 is 9.47 Å². The average Bonchev–Trinajstić information content (AvgIpc) is 3.24. The van der Waals surface area contributed by atoms with Crippen molar-refractivity contribution in [2.45, 2.75) is 12.3 Å². The molecule has 1 aromatic heterocycles. The lowest BCUT2D eigenvalue weighted by molar-refractivity contribution is 0.414. The topological polar surface area (TPSA) is 57.4 Å². The smallest absolute Gasteiger partial charge is 0.180 e. The summed E-state index contributed by atoms with van der Waals surface area (Å²) in [5.74, 6) is 1.84. The Morgan fingerprint density at radius 1 is 0.800 bits per heavy atom. The normalized spacial score (nSPS) is 11.8. The third kappa shape index (κ3) is 4.47. The lowest BCUT2D eigenvalue weighted by atomic mass is 9.89. The molecule has 0 fully saturated rings. The molecule has 0 spiro atoms. The standard InChI is InChI=1S/C25H24N2O2S/c1-28-21-11-7-19(8-12-21)18-5-3-17(4-6-18)15-23(24-16-30-25(26)27-24)20-9-13-22(29-2)14-10-20/h3-14,16,23H,15H2,1-2H3,(H2,26,27)/t23-/m0/s1. The second kappa shape index (κ2) is 9.01. The van der Waals surface area contributed by atoms with Gasteiger partial charge < -0.3 is 15.2 Å². The number of benzene rings is 3. The summed E-state index contributed by atoms with van der Waals surface area (Å²) >= 11 is 1.48. The summed E-state index contributed by atoms with van der Waals surface area (Å²) in [4.78, 5) is 4.56. The predicted octanol–water partition coefficient (Wildman–Crippen LogP) is 5.78. The van der Waals surface area contributed by atoms with Gasteiger partial charge in [0, 0.05) is 11.3 Å². The second-order valence-electron chi connectivity index (χ2n) is 7.07. The molecule has 0 unspecified atom stereocenters. The van der Waals surface area contributed by atoms with Gasteiger partial charge in [0.1, 0.15) is 11.5 Å². The van der Waals surface area contributed by atoms with Gasteiger partial charge in [0.05, 0.1) is 19.9 Å². The Morgan fingerprint density at radius 3 is 1.83 bits per heavy atom. The number of methoxy groups -OCH3 is 2. The Balaban J connectivity index is 1.59. The van der Waals surface area contributed by atoms with Crippen LogP contribution < -0.4 is 15.2 Å². The van der Waals surface area contributed by atoms with Crippen LogP contribution in [0.1, 0.15) is 22.7 Å². The third-order valence-corrected chi connectivity index (χ3v) is 5.92. The van der Waals surface area contributed by atoms with E-state index in [-0.39, 0.29) is 5.92 Å². The fourth-order valence-electron chi connectivity index (χ4n) is 3.54. The van der Waals surface area contributed by atoms with Crippen LogP contribution in [0.4, 0.5) is 5.13 Å². The second-order valence-corrected chi connectivity index (χ2v) is 7.96. The molecule has 2 N–H and O–H groups in total. The summed E-state index contributed by atoms with van der Waals surface area (Å²) in [7, 11) is 3.36. The van der Waals surface area contributed by atoms with Crippen molar-refractivity contribution in [1.82, 2.24) is 4.98 Å². The highest BCUT2D eigenvalue weighted by Gasteiger charge is 2.18. The summed E-state index contributed by atoms with van der Waals surface area (Å²) < 4.78 is 10.6. The number of aromatic nitrogens is 1. The highest BCUT2D eigenvalue weighted by Crippen LogP contribution is 2.32. The van der Waals surface area contributed by atoms with E-state index in [0.29, 0.717) is 5.13 Å². The van der Waals surface area contributed by atoms with E-state index in [9.17, 15) is 0 Å². The maximum atomic E-state index is 5.92. The summed E-state index contributed by atoms with van der Waals surface area (Å²) in [6.45, 7) is 0. The van der Waals surface area contributed by atoms with Crippen LogP contribution in [0, 0.1) is 0 Å². The van der Waals surface area contributed by atoms with Gasteiger partial charge in [-0.15, -0.1) is 11.3 Å². The molecule has 4 nitrogen and oxygen atoms in total. The van der Waals surface area contributed by atoms with E-state index in [1.54, 1.807) is 14.2 Å². The molecule has 0 aliphatic carbocycles. The van der Waals surface area contributed by atoms with Crippen molar-refractivity contribution in [3.8, 4) is 22.6 Å². The van der Waals surface area contributed by atoms with Crippen molar-refractivity contribution in [2.75, 3.05) is 20.0 Å². The van der Waals surface area contributed by atoms with Crippen LogP contribution in [-0.4, -0.2) is 19.2 Å². The van der Waals surface area contributed by atoms with Crippen molar-refractivity contribution in [3.63, 3.8) is 0 Å². The zero-order chi connectivity index (χ0) is 20.9. The molecule has 1 atom stereocenters. The summed E-state index contributed by atoms with van der Waals surface area (Å²) in [6.07, 6.45) is 0.846. The number of hydrogen-bond acceptors (Lipinski definition) is 5. The SMILES string of the molecule is COc1ccc(-c2ccc(C[C@@H](c3ccc(OC)cc3)c3csc(N)n3)cc2)cc1. The maximum absolute atomic E-state index is 5.92. The summed E-state index contributed by atoms with van der Waals surface area (Å²) in [5, 5.41) is 2.65. The van der Waals surface area contributed by atoms with Crippen molar-refractivity contribution in [2.24, 2.45) is 0 Å². The fraction of sp³-hybridized carbons (Fsp3) is 0.160. The minimum Gasteiger partial charge on any atom is -0.497 e. The Kier molecular flexibility index (Phi) is 6.00. The van der Waals surface area contributed by atoms with E-state index in [1.807, 2.05) is 24.3 Å². The van der Waals surface area contributed by atoms with E-state index < -0.39 is 0 Å². The monoisotopic (exact) mass is 416 g/mol. The van der Waals surface area contributed by atoms with E-state index in [2.05, 4.69) is 58.9 Å². The van der Waals surface area contributed by atoms with Crippen LogP contribution in [-0.2, 0) is 6.42 Å². The fourth-order valence-corrected chi connectivity index (χ4v) is 4.16. The van der Waals surface area contributed by atoms with Gasteiger partial charge in [0.15, 0.2) is 5.13 Å². The number of ether oxygens (including phenoxy) is 2. The number of nitrogen functional groups attached to an aromatic ring is 1. The summed E-state index contributed by atoms with van der Waals surface area (Å²) in [5.41, 5.74) is 11.7. The molecular formula is C25H24N2O2S. The maximum Gasteiger partial charge on any atom is 0.180 e. The molecule has 4 rings (SSSR count). The molecule has 152 valence electrons. The van der Waals surface area contributed by atoms with Gasteiger partial charge in [-0.05, 0) is 52.9 Å². The van der Waals surface area contributed by atoms with Gasteiger partial charge in [0.2, 0.25) is 0 Å². The molecule has 1 heterocycles. The van der Waals surface area contributed by atoms with E-state index in [4.69, 9.17) is 15.2 Å². The van der Waals surface area contributed by atoms with Crippen LogP contribution in [0.25, 0.3) is 11.1 Å². The zero-order valence-corrected chi connectivity index (χ0v) is 17.9. The molecule has 0 aliphatic heterocycles. The minimum absolute atomic E-state index is 0.135. The Hall–Kier alpha value is -3.31. The quantitative estimate of drug-likeness (QED) is 0.415. The molecule has 0 saturated carbocycles. The molecule has 4 aromatic rings. The minimum atomic E-state index is 0.135. The van der Waals surface area contributed by atoms with Crippen LogP contribution in [0.3, 0.4) is 0 Å². The number of rotatable bonds is 7. The van der Waals surface area contributed by atoms with Gasteiger partial charge in [-0.1, -0.05) is 48.5 Å². The van der Waals surface area contributed by atoms with Crippen LogP contribution >= 0.6 is 11.3 Å². The average molecular weight is 417 g/mol. The zero-order valence-electron chi connectivity index (χ0n) is 17.0. The van der Waals surface area contributed by atoms with Crippen LogP contribution in [0.5, 0.6) is 11.5 Å². The highest BCUT2D eigenvalue weighted by atomic mass is 32.1. The molecule has 30 heavy (non-hydrogen) atoms. The van der Waals surface area contributed by atoms with Gasteiger partial charge in [0.25, 0.3) is 0 Å². The van der Waals surface area contributed by atoms with E-state index >= 15 is 0 Å². The molecule has 0 radical (unpaired) electrons. The third-order valence-electron chi connectivity index (χ3n) is 5.23. The Bertz CT molecular complexity index is 1090. The molecule has 0 bridgehead atoms. The molecule has 0 aliphatic rings. The first-order chi connectivity index (χ1) is 14.7. The Labute approximate surface area is 180 Å². The molecule has 0 amide bonds. The number of anilines is 1. The predicted molar refractivity (Wildman–Crippen MR) is 123 cm³/mol. The highest BCUT2D eigenvalue weighted by molar-refractivity contribution is 7.13.